The molecule has 5 aliphatic rings. The molecule has 0 spiro atoms. The van der Waals surface area contributed by atoms with Crippen molar-refractivity contribution >= 4 is 17.8 Å². The van der Waals surface area contributed by atoms with Crippen molar-refractivity contribution in [1.29, 1.82) is 0 Å². The van der Waals surface area contributed by atoms with Gasteiger partial charge in [-0.2, -0.15) is 4.99 Å². The fourth-order valence-corrected chi connectivity index (χ4v) is 11.2. The van der Waals surface area contributed by atoms with Crippen molar-refractivity contribution in [2.75, 3.05) is 0 Å². The van der Waals surface area contributed by atoms with Crippen molar-refractivity contribution in [3.8, 4) is 0 Å². The first-order chi connectivity index (χ1) is 17.2. The standard InChI is InChI=1S/C32H47NO4/c1-19(2)26-22(36)17-32(33-18-34)16-15-30(7)21(27(26)32)9-10-24-29(6)13-12-25(37-20(3)35)28(4,5)23(29)11-14-31(24,30)8/h19,21,23-25H,9-17H2,1-8H3. The second-order valence-corrected chi connectivity index (χ2v) is 14.9. The summed E-state index contributed by atoms with van der Waals surface area (Å²) >= 11 is 0. The van der Waals surface area contributed by atoms with E-state index in [0.29, 0.717) is 18.3 Å². The quantitative estimate of drug-likeness (QED) is 0.233. The Morgan fingerprint density at radius 2 is 1.65 bits per heavy atom. The Bertz CT molecular complexity index is 1100. The van der Waals surface area contributed by atoms with Crippen LogP contribution in [0.5, 0.6) is 0 Å². The van der Waals surface area contributed by atoms with Crippen LogP contribution in [0.15, 0.2) is 16.1 Å². The molecule has 5 nitrogen and oxygen atoms in total. The van der Waals surface area contributed by atoms with Gasteiger partial charge < -0.3 is 4.74 Å². The average molecular weight is 510 g/mol. The molecule has 37 heavy (non-hydrogen) atoms. The Labute approximate surface area is 223 Å². The summed E-state index contributed by atoms with van der Waals surface area (Å²) < 4.78 is 5.87. The number of ether oxygens (including phenoxy) is 1. The molecule has 0 radical (unpaired) electrons. The maximum Gasteiger partial charge on any atom is 0.302 e. The predicted molar refractivity (Wildman–Crippen MR) is 143 cm³/mol. The molecular weight excluding hydrogens is 462 g/mol. The zero-order valence-corrected chi connectivity index (χ0v) is 24.3. The number of ketones is 1. The fourth-order valence-electron chi connectivity index (χ4n) is 11.2. The molecule has 0 aromatic rings. The highest BCUT2D eigenvalue weighted by atomic mass is 16.5. The average Bonchev–Trinajstić information content (AvgIpc) is 3.08. The molecule has 204 valence electrons. The topological polar surface area (TPSA) is 72.8 Å². The van der Waals surface area contributed by atoms with Gasteiger partial charge in [0.1, 0.15) is 11.6 Å². The lowest BCUT2D eigenvalue weighted by atomic mass is 9.33. The van der Waals surface area contributed by atoms with Crippen molar-refractivity contribution in [3.05, 3.63) is 11.1 Å². The van der Waals surface area contributed by atoms with Gasteiger partial charge >= 0.3 is 5.97 Å². The number of hydrogen-bond donors (Lipinski definition) is 0. The zero-order valence-electron chi connectivity index (χ0n) is 24.3. The first-order valence-corrected chi connectivity index (χ1v) is 14.7. The first kappa shape index (κ1) is 26.9. The third-order valence-electron chi connectivity index (χ3n) is 12.9. The van der Waals surface area contributed by atoms with Crippen molar-refractivity contribution in [1.82, 2.24) is 0 Å². The normalized spacial score (nSPS) is 46.4. The molecule has 8 unspecified atom stereocenters. The summed E-state index contributed by atoms with van der Waals surface area (Å²) in [5, 5.41) is 0. The van der Waals surface area contributed by atoms with Gasteiger partial charge in [-0.25, -0.2) is 4.79 Å². The minimum absolute atomic E-state index is 0.0147. The number of allylic oxidation sites excluding steroid dienone is 1. The Balaban J connectivity index is 1.57. The van der Waals surface area contributed by atoms with Gasteiger partial charge in [0.2, 0.25) is 6.08 Å². The maximum atomic E-state index is 13.3. The molecule has 0 aliphatic heterocycles. The molecule has 0 N–H and O–H groups in total. The number of carbonyl (C=O) groups is 2. The van der Waals surface area contributed by atoms with E-state index in [1.165, 1.54) is 12.5 Å². The van der Waals surface area contributed by atoms with E-state index in [1.807, 2.05) is 6.08 Å². The van der Waals surface area contributed by atoms with Crippen LogP contribution in [-0.2, 0) is 19.1 Å². The van der Waals surface area contributed by atoms with Crippen LogP contribution in [0.4, 0.5) is 0 Å². The summed E-state index contributed by atoms with van der Waals surface area (Å²) in [6.07, 6.45) is 10.5. The summed E-state index contributed by atoms with van der Waals surface area (Å²) in [4.78, 5) is 41.3. The van der Waals surface area contributed by atoms with Gasteiger partial charge in [-0.1, -0.05) is 48.5 Å². The molecule has 0 bridgehead atoms. The van der Waals surface area contributed by atoms with Gasteiger partial charge in [0.05, 0.1) is 0 Å². The van der Waals surface area contributed by atoms with Crippen LogP contribution in [0.2, 0.25) is 0 Å². The Hall–Kier alpha value is -1.74. The van der Waals surface area contributed by atoms with E-state index < -0.39 is 5.54 Å². The minimum Gasteiger partial charge on any atom is -0.462 e. The molecule has 5 rings (SSSR count). The van der Waals surface area contributed by atoms with Crippen LogP contribution in [0.25, 0.3) is 0 Å². The lowest BCUT2D eigenvalue weighted by Gasteiger charge is -2.71. The number of carbonyl (C=O) groups excluding carboxylic acids is 3. The smallest absolute Gasteiger partial charge is 0.302 e. The van der Waals surface area contributed by atoms with Crippen LogP contribution < -0.4 is 0 Å². The molecule has 0 heterocycles. The third kappa shape index (κ3) is 3.41. The number of aliphatic imine (C=N–C) groups is 1. The van der Waals surface area contributed by atoms with E-state index in [2.05, 4.69) is 53.5 Å². The third-order valence-corrected chi connectivity index (χ3v) is 12.9. The number of esters is 1. The predicted octanol–water partition coefficient (Wildman–Crippen LogP) is 6.99. The summed E-state index contributed by atoms with van der Waals surface area (Å²) in [6.45, 7) is 18.0. The molecule has 0 amide bonds. The second-order valence-electron chi connectivity index (χ2n) is 14.9. The van der Waals surface area contributed by atoms with E-state index >= 15 is 0 Å². The van der Waals surface area contributed by atoms with Gasteiger partial charge in [-0.05, 0) is 102 Å². The second kappa shape index (κ2) is 8.38. The Kier molecular flexibility index (Phi) is 6.08. The Morgan fingerprint density at radius 1 is 0.946 bits per heavy atom. The lowest BCUT2D eigenvalue weighted by molar-refractivity contribution is -0.231. The summed E-state index contributed by atoms with van der Waals surface area (Å²) in [5.41, 5.74) is 1.85. The lowest BCUT2D eigenvalue weighted by Crippen LogP contribution is -2.66. The molecule has 5 aliphatic carbocycles. The largest absolute Gasteiger partial charge is 0.462 e. The first-order valence-electron chi connectivity index (χ1n) is 14.7. The van der Waals surface area contributed by atoms with Crippen LogP contribution in [0.1, 0.15) is 113 Å². The van der Waals surface area contributed by atoms with E-state index in [1.54, 1.807) is 0 Å². The van der Waals surface area contributed by atoms with Crippen LogP contribution in [-0.4, -0.2) is 29.5 Å². The molecule has 0 aromatic carbocycles. The van der Waals surface area contributed by atoms with Gasteiger partial charge in [0, 0.05) is 18.8 Å². The van der Waals surface area contributed by atoms with Crippen molar-refractivity contribution in [3.63, 3.8) is 0 Å². The highest BCUT2D eigenvalue weighted by molar-refractivity contribution is 6.01. The van der Waals surface area contributed by atoms with Gasteiger partial charge in [-0.3, -0.25) is 9.59 Å². The van der Waals surface area contributed by atoms with Crippen LogP contribution in [0, 0.1) is 45.3 Å². The van der Waals surface area contributed by atoms with Gasteiger partial charge in [0.25, 0.3) is 0 Å². The minimum atomic E-state index is -0.656. The van der Waals surface area contributed by atoms with Crippen molar-refractivity contribution < 1.29 is 19.1 Å². The number of rotatable bonds is 3. The molecular formula is C32H47NO4. The van der Waals surface area contributed by atoms with E-state index in [-0.39, 0.29) is 51.4 Å². The fraction of sp³-hybridized carbons (Fsp3) is 0.844. The highest BCUT2D eigenvalue weighted by Crippen LogP contribution is 2.76. The number of nitrogens with zero attached hydrogens (tertiary/aromatic N) is 1. The van der Waals surface area contributed by atoms with E-state index in [9.17, 15) is 14.4 Å². The highest BCUT2D eigenvalue weighted by Gasteiger charge is 2.70. The van der Waals surface area contributed by atoms with Crippen LogP contribution >= 0.6 is 0 Å². The zero-order chi connectivity index (χ0) is 27.2. The van der Waals surface area contributed by atoms with Crippen molar-refractivity contribution in [2.24, 2.45) is 50.3 Å². The monoisotopic (exact) mass is 509 g/mol. The Morgan fingerprint density at radius 3 is 2.27 bits per heavy atom. The van der Waals surface area contributed by atoms with E-state index in [4.69, 9.17) is 4.74 Å². The summed E-state index contributed by atoms with van der Waals surface area (Å²) in [7, 11) is 0. The van der Waals surface area contributed by atoms with Crippen molar-refractivity contribution in [2.45, 2.75) is 125 Å². The molecule has 0 saturated heterocycles. The summed E-state index contributed by atoms with van der Waals surface area (Å²) in [5.74, 6) is 1.55. The maximum absolute atomic E-state index is 13.3. The molecule has 8 atom stereocenters. The van der Waals surface area contributed by atoms with Gasteiger partial charge in [-0.15, -0.1) is 0 Å². The number of fused-ring (bicyclic) bond motifs is 7. The summed E-state index contributed by atoms with van der Waals surface area (Å²) in [6, 6.07) is 0. The number of Topliss-reactive ketones (excluding diaryl/α,β-unsaturated/α-hetero) is 1. The molecule has 4 fully saturated rings. The molecule has 4 saturated carbocycles. The molecule has 5 heteroatoms. The number of hydrogen-bond acceptors (Lipinski definition) is 5. The number of isocyanates is 1. The SMILES string of the molecule is CC(=O)OC1CCC2(C)C(CCC3(C)C2CCC2C4=C(C(C)C)C(=O)CC4(N=C=O)CCC23C)C1(C)C. The molecule has 0 aromatic heterocycles. The van der Waals surface area contributed by atoms with Crippen LogP contribution in [0.3, 0.4) is 0 Å². The van der Waals surface area contributed by atoms with Gasteiger partial charge in [0.15, 0.2) is 5.78 Å². The van der Waals surface area contributed by atoms with E-state index in [0.717, 1.165) is 56.9 Å².